The highest BCUT2D eigenvalue weighted by Crippen LogP contribution is 2.31. The van der Waals surface area contributed by atoms with Crippen molar-refractivity contribution in [3.63, 3.8) is 0 Å². The predicted molar refractivity (Wildman–Crippen MR) is 102 cm³/mol. The maximum absolute atomic E-state index is 9.30. The molecule has 3 N–H and O–H groups in total. The van der Waals surface area contributed by atoms with Gasteiger partial charge in [0.2, 0.25) is 0 Å². The van der Waals surface area contributed by atoms with E-state index in [0.29, 0.717) is 6.61 Å². The largest absolute Gasteiger partial charge is 0.396 e. The van der Waals surface area contributed by atoms with Crippen LogP contribution in [0.2, 0.25) is 0 Å². The Balaban J connectivity index is 1.69. The molecule has 25 heavy (non-hydrogen) atoms. The van der Waals surface area contributed by atoms with Gasteiger partial charge in [0.25, 0.3) is 0 Å². The lowest BCUT2D eigenvalue weighted by Crippen LogP contribution is -2.46. The van der Waals surface area contributed by atoms with Crippen LogP contribution in [0.4, 0.5) is 0 Å². The molecule has 0 amide bonds. The molecule has 0 aromatic heterocycles. The first-order valence-electron chi connectivity index (χ1n) is 9.03. The number of aliphatic hydroxyl groups is 1. The molecule has 2 rings (SSSR count). The Hall–Kier alpha value is -1.63. The molecular weight excluding hydrogens is 316 g/mol. The molecule has 1 aromatic rings. The molecule has 1 atom stereocenters. The fraction of sp³-hybridized carbons (Fsp3) is 0.632. The van der Waals surface area contributed by atoms with Gasteiger partial charge in [0, 0.05) is 51.9 Å². The van der Waals surface area contributed by atoms with Gasteiger partial charge in [0.05, 0.1) is 6.61 Å². The van der Waals surface area contributed by atoms with Crippen LogP contribution in [0.3, 0.4) is 0 Å². The molecule has 0 spiro atoms. The highest BCUT2D eigenvalue weighted by Gasteiger charge is 2.34. The van der Waals surface area contributed by atoms with Crippen LogP contribution >= 0.6 is 0 Å². The molecule has 1 heterocycles. The summed E-state index contributed by atoms with van der Waals surface area (Å²) >= 11 is 0. The highest BCUT2D eigenvalue weighted by atomic mass is 16.5. The second-order valence-corrected chi connectivity index (χ2v) is 6.85. The van der Waals surface area contributed by atoms with E-state index >= 15 is 0 Å². The minimum atomic E-state index is 0.0243. The number of benzene rings is 1. The van der Waals surface area contributed by atoms with E-state index < -0.39 is 0 Å². The summed E-state index contributed by atoms with van der Waals surface area (Å²) in [6.45, 7) is 5.14. The van der Waals surface area contributed by atoms with Crippen molar-refractivity contribution < 1.29 is 9.84 Å². The van der Waals surface area contributed by atoms with Gasteiger partial charge >= 0.3 is 0 Å². The fourth-order valence-corrected chi connectivity index (χ4v) is 3.14. The van der Waals surface area contributed by atoms with Crippen molar-refractivity contribution >= 4 is 5.96 Å². The SMILES string of the molecule is CN=C(NCCN(C)Cc1ccccc1)NCC1(CCO)CCOC1. The van der Waals surface area contributed by atoms with E-state index in [-0.39, 0.29) is 12.0 Å². The van der Waals surface area contributed by atoms with E-state index in [1.165, 1.54) is 5.56 Å². The zero-order valence-electron chi connectivity index (χ0n) is 15.5. The van der Waals surface area contributed by atoms with Crippen LogP contribution in [0.5, 0.6) is 0 Å². The lowest BCUT2D eigenvalue weighted by molar-refractivity contribution is 0.127. The van der Waals surface area contributed by atoms with E-state index in [0.717, 1.165) is 51.6 Å². The second kappa shape index (κ2) is 10.4. The average Bonchev–Trinajstić information content (AvgIpc) is 3.08. The third kappa shape index (κ3) is 6.65. The standard InChI is InChI=1S/C19H32N4O2/c1-20-18(22-15-19(8-12-24)9-13-25-16-19)21-10-11-23(2)14-17-6-4-3-5-7-17/h3-7,24H,8-16H2,1-2H3,(H2,20,21,22). The molecule has 1 aliphatic heterocycles. The van der Waals surface area contributed by atoms with Crippen LogP contribution < -0.4 is 10.6 Å². The Bertz CT molecular complexity index is 515. The molecule has 0 saturated carbocycles. The summed E-state index contributed by atoms with van der Waals surface area (Å²) in [5, 5.41) is 16.1. The first-order valence-corrected chi connectivity index (χ1v) is 9.03. The zero-order valence-corrected chi connectivity index (χ0v) is 15.5. The molecule has 0 bridgehead atoms. The number of hydrogen-bond donors (Lipinski definition) is 3. The monoisotopic (exact) mass is 348 g/mol. The lowest BCUT2D eigenvalue weighted by atomic mass is 9.84. The molecule has 1 unspecified atom stereocenters. The molecule has 1 fully saturated rings. The molecule has 0 radical (unpaired) electrons. The van der Waals surface area contributed by atoms with E-state index in [9.17, 15) is 5.11 Å². The molecular formula is C19H32N4O2. The van der Waals surface area contributed by atoms with Crippen molar-refractivity contribution in [2.24, 2.45) is 10.4 Å². The number of nitrogens with zero attached hydrogens (tertiary/aromatic N) is 2. The van der Waals surface area contributed by atoms with Crippen LogP contribution in [0, 0.1) is 5.41 Å². The second-order valence-electron chi connectivity index (χ2n) is 6.85. The Morgan fingerprint density at radius 2 is 2.12 bits per heavy atom. The van der Waals surface area contributed by atoms with Gasteiger partial charge in [-0.05, 0) is 25.5 Å². The lowest BCUT2D eigenvalue weighted by Gasteiger charge is -2.28. The van der Waals surface area contributed by atoms with Crippen molar-refractivity contribution in [1.29, 1.82) is 0 Å². The number of hydrogen-bond acceptors (Lipinski definition) is 4. The van der Waals surface area contributed by atoms with Crippen molar-refractivity contribution in [3.05, 3.63) is 35.9 Å². The topological polar surface area (TPSA) is 69.1 Å². The van der Waals surface area contributed by atoms with Gasteiger partial charge in [-0.3, -0.25) is 4.99 Å². The first-order chi connectivity index (χ1) is 12.2. The molecule has 6 heteroatoms. The number of guanidine groups is 1. The van der Waals surface area contributed by atoms with Gasteiger partial charge in [0.15, 0.2) is 5.96 Å². The summed E-state index contributed by atoms with van der Waals surface area (Å²) in [4.78, 5) is 6.58. The molecule has 1 aliphatic rings. The number of ether oxygens (including phenoxy) is 1. The van der Waals surface area contributed by atoms with Crippen molar-refractivity contribution in [2.45, 2.75) is 19.4 Å². The zero-order chi connectivity index (χ0) is 18.0. The van der Waals surface area contributed by atoms with Crippen LogP contribution in [-0.2, 0) is 11.3 Å². The van der Waals surface area contributed by atoms with Crippen LogP contribution in [0.1, 0.15) is 18.4 Å². The van der Waals surface area contributed by atoms with Gasteiger partial charge in [-0.15, -0.1) is 0 Å². The normalized spacial score (nSPS) is 20.9. The van der Waals surface area contributed by atoms with Gasteiger partial charge < -0.3 is 25.4 Å². The maximum Gasteiger partial charge on any atom is 0.191 e. The summed E-state index contributed by atoms with van der Waals surface area (Å²) in [7, 11) is 3.91. The Kier molecular flexibility index (Phi) is 8.18. The van der Waals surface area contributed by atoms with Gasteiger partial charge in [-0.25, -0.2) is 0 Å². The van der Waals surface area contributed by atoms with E-state index in [1.54, 1.807) is 7.05 Å². The van der Waals surface area contributed by atoms with Crippen molar-refractivity contribution in [1.82, 2.24) is 15.5 Å². The minimum absolute atomic E-state index is 0.0243. The van der Waals surface area contributed by atoms with Crippen molar-refractivity contribution in [2.75, 3.05) is 53.6 Å². The van der Waals surface area contributed by atoms with Gasteiger partial charge in [0.1, 0.15) is 0 Å². The minimum Gasteiger partial charge on any atom is -0.396 e. The number of likely N-dealkylation sites (N-methyl/N-ethyl adjacent to an activating group) is 1. The molecule has 140 valence electrons. The summed E-state index contributed by atoms with van der Waals surface area (Å²) in [5.74, 6) is 0.803. The maximum atomic E-state index is 9.30. The number of nitrogens with one attached hydrogen (secondary N) is 2. The first kappa shape index (κ1) is 19.7. The van der Waals surface area contributed by atoms with Crippen LogP contribution in [-0.4, -0.2) is 69.5 Å². The summed E-state index contributed by atoms with van der Waals surface area (Å²) in [6, 6.07) is 10.5. The Morgan fingerprint density at radius 3 is 2.76 bits per heavy atom. The van der Waals surface area contributed by atoms with Crippen LogP contribution in [0.25, 0.3) is 0 Å². The molecule has 6 nitrogen and oxygen atoms in total. The van der Waals surface area contributed by atoms with Gasteiger partial charge in [-0.2, -0.15) is 0 Å². The number of aliphatic imine (C=N–C) groups is 1. The Labute approximate surface area is 151 Å². The summed E-state index contributed by atoms with van der Waals surface area (Å²) in [6.07, 6.45) is 1.74. The Morgan fingerprint density at radius 1 is 1.32 bits per heavy atom. The highest BCUT2D eigenvalue weighted by molar-refractivity contribution is 5.79. The van der Waals surface area contributed by atoms with Crippen LogP contribution in [0.15, 0.2) is 35.3 Å². The third-order valence-corrected chi connectivity index (χ3v) is 4.76. The number of aliphatic hydroxyl groups excluding tert-OH is 1. The molecule has 1 aromatic carbocycles. The summed E-state index contributed by atoms with van der Waals surface area (Å²) in [5.41, 5.74) is 1.34. The predicted octanol–water partition coefficient (Wildman–Crippen LogP) is 1.07. The van der Waals surface area contributed by atoms with E-state index in [4.69, 9.17) is 4.74 Å². The van der Waals surface area contributed by atoms with E-state index in [2.05, 4.69) is 51.8 Å². The van der Waals surface area contributed by atoms with Gasteiger partial charge in [-0.1, -0.05) is 30.3 Å². The van der Waals surface area contributed by atoms with E-state index in [1.807, 2.05) is 6.07 Å². The fourth-order valence-electron chi connectivity index (χ4n) is 3.14. The molecule has 1 saturated heterocycles. The third-order valence-electron chi connectivity index (χ3n) is 4.76. The molecule has 0 aliphatic carbocycles. The average molecular weight is 348 g/mol. The number of rotatable bonds is 9. The smallest absolute Gasteiger partial charge is 0.191 e. The summed E-state index contributed by atoms with van der Waals surface area (Å²) < 4.78 is 5.53. The van der Waals surface area contributed by atoms with Crippen molar-refractivity contribution in [3.8, 4) is 0 Å². The quantitative estimate of drug-likeness (QED) is 0.460.